The number of hydrogen-bond acceptors (Lipinski definition) is 8. The highest BCUT2D eigenvalue weighted by atomic mass is 16.7. The first-order chi connectivity index (χ1) is 13.4. The zero-order valence-electron chi connectivity index (χ0n) is 14.5. The van der Waals surface area contributed by atoms with Crippen LogP contribution in [0.2, 0.25) is 0 Å². The number of azide groups is 2. The van der Waals surface area contributed by atoms with E-state index >= 15 is 0 Å². The highest BCUT2D eigenvalue weighted by Gasteiger charge is 2.51. The minimum atomic E-state index is -0.775. The summed E-state index contributed by atoms with van der Waals surface area (Å²) < 4.78 is 21.4. The Morgan fingerprint density at radius 3 is 1.54 bits per heavy atom. The van der Waals surface area contributed by atoms with Gasteiger partial charge in [-0.1, -0.05) is 0 Å². The van der Waals surface area contributed by atoms with Crippen molar-refractivity contribution in [2.75, 3.05) is 13.2 Å². The number of ether oxygens (including phenoxy) is 4. The maximum atomic E-state index is 11.8. The Morgan fingerprint density at radius 2 is 1.18 bits per heavy atom. The topological polar surface area (TPSA) is 203 Å². The van der Waals surface area contributed by atoms with Crippen molar-refractivity contribution in [2.45, 2.75) is 50.1 Å². The first-order valence-corrected chi connectivity index (χ1v) is 8.22. The summed E-state index contributed by atoms with van der Waals surface area (Å²) in [6.07, 6.45) is -3.82. The molecule has 28 heavy (non-hydrogen) atoms. The molecule has 2 aliphatic heterocycles. The molecule has 2 rings (SSSR count). The van der Waals surface area contributed by atoms with Gasteiger partial charge in [-0.15, -0.1) is 0 Å². The van der Waals surface area contributed by atoms with Crippen LogP contribution in [0.3, 0.4) is 0 Å². The molecule has 0 aliphatic carbocycles. The molecule has 0 radical (unpaired) electrons. The van der Waals surface area contributed by atoms with E-state index in [1.165, 1.54) is 0 Å². The van der Waals surface area contributed by atoms with Gasteiger partial charge in [-0.25, -0.2) is 0 Å². The van der Waals surface area contributed by atoms with Crippen LogP contribution in [0.25, 0.3) is 20.9 Å². The summed E-state index contributed by atoms with van der Waals surface area (Å²) in [6, 6.07) is 0. The summed E-state index contributed by atoms with van der Waals surface area (Å²) in [5.41, 5.74) is 16.2. The number of carbonyl (C=O) groups excluding carboxylic acids is 4. The SMILES string of the molecule is [N-]=[N+]=NC(=O)CCC(=O)O[C@H]1CO[C@H]2[C@@H]1OC[C@@H]2OC(=O)CCC(=O)N=[N+]=[N-]. The molecule has 14 heteroatoms. The minimum absolute atomic E-state index is 0.0226. The van der Waals surface area contributed by atoms with E-state index in [9.17, 15) is 19.2 Å². The van der Waals surface area contributed by atoms with Gasteiger partial charge in [-0.3, -0.25) is 19.2 Å². The smallest absolute Gasteiger partial charge is 0.306 e. The molecule has 2 heterocycles. The lowest BCUT2D eigenvalue weighted by Crippen LogP contribution is -2.36. The Labute approximate surface area is 157 Å². The Morgan fingerprint density at radius 1 is 0.786 bits per heavy atom. The molecule has 0 aromatic carbocycles. The number of rotatable bonds is 8. The molecule has 0 aromatic heterocycles. The van der Waals surface area contributed by atoms with Crippen molar-refractivity contribution in [3.63, 3.8) is 0 Å². The lowest BCUT2D eigenvalue weighted by atomic mass is 10.1. The standard InChI is InChI=1S/C14H16N6O8/c15-19-17-9(21)1-3-11(23)27-7-5-25-14-8(6-26-13(7)14)28-12(24)4-2-10(22)18-20-16/h7-8,13-14H,1-6H2/t7-,8-,13+,14+/m0/s1. The van der Waals surface area contributed by atoms with Gasteiger partial charge in [-0.05, 0) is 21.3 Å². The van der Waals surface area contributed by atoms with Crippen LogP contribution >= 0.6 is 0 Å². The highest BCUT2D eigenvalue weighted by molar-refractivity contribution is 5.82. The van der Waals surface area contributed by atoms with Crippen molar-refractivity contribution in [3.8, 4) is 0 Å². The molecule has 150 valence electrons. The number of nitrogens with zero attached hydrogens (tertiary/aromatic N) is 6. The quantitative estimate of drug-likeness (QED) is 0.248. The van der Waals surface area contributed by atoms with Crippen LogP contribution in [0.15, 0.2) is 10.2 Å². The number of amides is 2. The van der Waals surface area contributed by atoms with Crippen LogP contribution in [-0.4, -0.2) is 61.4 Å². The first kappa shape index (κ1) is 21.1. The van der Waals surface area contributed by atoms with Crippen LogP contribution in [-0.2, 0) is 38.1 Å². The molecule has 2 saturated heterocycles. The second kappa shape index (κ2) is 10.2. The van der Waals surface area contributed by atoms with E-state index in [0.29, 0.717) is 0 Å². The Kier molecular flexibility index (Phi) is 7.72. The molecule has 0 bridgehead atoms. The lowest BCUT2D eigenvalue weighted by Gasteiger charge is -2.17. The van der Waals surface area contributed by atoms with Crippen LogP contribution in [0.4, 0.5) is 0 Å². The van der Waals surface area contributed by atoms with E-state index in [4.69, 9.17) is 30.0 Å². The molecule has 0 aromatic rings. The molecule has 0 N–H and O–H groups in total. The predicted octanol–water partition coefficient (Wildman–Crippen LogP) is 0.842. The molecule has 14 nitrogen and oxygen atoms in total. The second-order valence-electron chi connectivity index (χ2n) is 5.82. The van der Waals surface area contributed by atoms with E-state index in [2.05, 4.69) is 20.1 Å². The van der Waals surface area contributed by atoms with Crippen LogP contribution < -0.4 is 0 Å². The van der Waals surface area contributed by atoms with Gasteiger partial charge in [0.15, 0.2) is 12.2 Å². The van der Waals surface area contributed by atoms with Crippen LogP contribution in [0, 0.1) is 0 Å². The summed E-state index contributed by atoms with van der Waals surface area (Å²) in [5.74, 6) is -2.92. The average molecular weight is 396 g/mol. The molecule has 2 aliphatic rings. The summed E-state index contributed by atoms with van der Waals surface area (Å²) in [5, 5.41) is 5.69. The maximum Gasteiger partial charge on any atom is 0.306 e. The monoisotopic (exact) mass is 396 g/mol. The van der Waals surface area contributed by atoms with Gasteiger partial charge in [0, 0.05) is 22.7 Å². The fraction of sp³-hybridized carbons (Fsp3) is 0.714. The van der Waals surface area contributed by atoms with Crippen molar-refractivity contribution in [1.82, 2.24) is 0 Å². The summed E-state index contributed by atoms with van der Waals surface area (Å²) in [6.45, 7) is 0.0452. The summed E-state index contributed by atoms with van der Waals surface area (Å²) in [4.78, 5) is 50.4. The van der Waals surface area contributed by atoms with Crippen molar-refractivity contribution in [1.29, 1.82) is 0 Å². The third-order valence-electron chi connectivity index (χ3n) is 3.93. The zero-order valence-corrected chi connectivity index (χ0v) is 14.5. The normalized spacial score (nSPS) is 25.0. The minimum Gasteiger partial charge on any atom is -0.457 e. The molecule has 0 spiro atoms. The largest absolute Gasteiger partial charge is 0.457 e. The highest BCUT2D eigenvalue weighted by Crippen LogP contribution is 2.31. The van der Waals surface area contributed by atoms with Crippen molar-refractivity contribution < 1.29 is 38.1 Å². The van der Waals surface area contributed by atoms with Crippen molar-refractivity contribution in [3.05, 3.63) is 20.9 Å². The van der Waals surface area contributed by atoms with Crippen LogP contribution in [0.5, 0.6) is 0 Å². The third kappa shape index (κ3) is 5.93. The van der Waals surface area contributed by atoms with Gasteiger partial charge in [-0.2, -0.15) is 0 Å². The van der Waals surface area contributed by atoms with Gasteiger partial charge in [0.2, 0.25) is 11.8 Å². The number of esters is 2. The van der Waals surface area contributed by atoms with E-state index in [1.54, 1.807) is 0 Å². The van der Waals surface area contributed by atoms with Gasteiger partial charge in [0.1, 0.15) is 12.2 Å². The molecular formula is C14H16N6O8. The molecule has 2 amide bonds. The van der Waals surface area contributed by atoms with Crippen molar-refractivity contribution in [2.24, 2.45) is 10.2 Å². The van der Waals surface area contributed by atoms with Gasteiger partial charge < -0.3 is 18.9 Å². The first-order valence-electron chi connectivity index (χ1n) is 8.22. The summed E-state index contributed by atoms with van der Waals surface area (Å²) >= 11 is 0. The zero-order chi connectivity index (χ0) is 20.5. The van der Waals surface area contributed by atoms with Crippen molar-refractivity contribution >= 4 is 23.8 Å². The Hall–Kier alpha value is -3.18. The van der Waals surface area contributed by atoms with Gasteiger partial charge >= 0.3 is 11.9 Å². The predicted molar refractivity (Wildman–Crippen MR) is 86.0 cm³/mol. The molecule has 4 atom stereocenters. The average Bonchev–Trinajstić information content (AvgIpc) is 3.22. The third-order valence-corrected chi connectivity index (χ3v) is 3.93. The Balaban J connectivity index is 1.77. The molecule has 0 unspecified atom stereocenters. The fourth-order valence-electron chi connectivity index (χ4n) is 2.70. The second-order valence-corrected chi connectivity index (χ2v) is 5.82. The molecule has 0 saturated carbocycles. The van der Waals surface area contributed by atoms with Gasteiger partial charge in [0.05, 0.1) is 26.1 Å². The summed E-state index contributed by atoms with van der Waals surface area (Å²) in [7, 11) is 0. The van der Waals surface area contributed by atoms with E-state index in [1.807, 2.05) is 0 Å². The number of hydrogen-bond donors (Lipinski definition) is 0. The molecular weight excluding hydrogens is 380 g/mol. The fourth-order valence-corrected chi connectivity index (χ4v) is 2.70. The maximum absolute atomic E-state index is 11.8. The Bertz CT molecular complexity index is 682. The van der Waals surface area contributed by atoms with Gasteiger partial charge in [0.25, 0.3) is 0 Å². The molecule has 2 fully saturated rings. The van der Waals surface area contributed by atoms with E-state index < -0.39 is 48.2 Å². The number of carbonyl (C=O) groups is 4. The number of fused-ring (bicyclic) bond motifs is 1. The van der Waals surface area contributed by atoms with Crippen LogP contribution in [0.1, 0.15) is 25.7 Å². The van der Waals surface area contributed by atoms with E-state index in [0.717, 1.165) is 0 Å². The lowest BCUT2D eigenvalue weighted by molar-refractivity contribution is -0.156. The van der Waals surface area contributed by atoms with E-state index in [-0.39, 0.29) is 38.9 Å².